The fraction of sp³-hybridized carbons (Fsp3) is 0.583. The van der Waals surface area contributed by atoms with E-state index in [1.165, 1.54) is 14.9 Å². The Morgan fingerprint density at radius 3 is 2.65 bits per heavy atom. The van der Waals surface area contributed by atoms with E-state index in [-0.39, 0.29) is 18.6 Å². The topological polar surface area (TPSA) is 91.6 Å². The predicted octanol–water partition coefficient (Wildman–Crippen LogP) is -0.861. The lowest BCUT2D eigenvalue weighted by atomic mass is 10.3. The molecule has 0 bridgehead atoms. The number of hydrogen-bond donors (Lipinski definition) is 2. The van der Waals surface area contributed by atoms with Gasteiger partial charge in [-0.05, 0) is 18.9 Å². The van der Waals surface area contributed by atoms with Gasteiger partial charge in [-0.3, -0.25) is 4.79 Å². The second-order valence-corrected chi connectivity index (χ2v) is 6.56. The van der Waals surface area contributed by atoms with E-state index in [1.54, 1.807) is 18.3 Å². The lowest BCUT2D eigenvalue weighted by Gasteiger charge is -2.18. The van der Waals surface area contributed by atoms with Crippen molar-refractivity contribution >= 4 is 10.2 Å². The van der Waals surface area contributed by atoms with E-state index in [1.807, 2.05) is 0 Å². The molecule has 1 aromatic heterocycles. The van der Waals surface area contributed by atoms with E-state index in [0.29, 0.717) is 13.1 Å². The maximum absolute atomic E-state index is 11.9. The highest BCUT2D eigenvalue weighted by molar-refractivity contribution is 7.87. The number of pyridine rings is 1. The van der Waals surface area contributed by atoms with Crippen LogP contribution in [0.2, 0.25) is 0 Å². The molecule has 2 heterocycles. The van der Waals surface area contributed by atoms with Gasteiger partial charge in [-0.25, -0.2) is 0 Å². The second-order valence-electron chi connectivity index (χ2n) is 4.80. The molecule has 1 fully saturated rings. The summed E-state index contributed by atoms with van der Waals surface area (Å²) in [5.74, 6) is 0. The van der Waals surface area contributed by atoms with Crippen molar-refractivity contribution in [3.8, 4) is 0 Å². The lowest BCUT2D eigenvalue weighted by Crippen LogP contribution is -2.43. The maximum Gasteiger partial charge on any atom is 0.279 e. The third-order valence-electron chi connectivity index (χ3n) is 3.21. The highest BCUT2D eigenvalue weighted by atomic mass is 32.2. The largest absolute Gasteiger partial charge is 0.390 e. The molecule has 1 saturated heterocycles. The first-order valence-electron chi connectivity index (χ1n) is 6.57. The molecular weight excluding hydrogens is 282 g/mol. The summed E-state index contributed by atoms with van der Waals surface area (Å²) in [6.45, 7) is 0.982. The standard InChI is InChI=1S/C12H19N3O4S/c16-11(10-14-6-2-1-5-12(14)17)9-13-20(18,19)15-7-3-4-8-15/h1-2,5-6,11,13,16H,3-4,7-10H2. The molecule has 8 heteroatoms. The van der Waals surface area contributed by atoms with Gasteiger partial charge < -0.3 is 9.67 Å². The molecule has 0 saturated carbocycles. The smallest absolute Gasteiger partial charge is 0.279 e. The minimum Gasteiger partial charge on any atom is -0.390 e. The van der Waals surface area contributed by atoms with E-state index < -0.39 is 16.3 Å². The Balaban J connectivity index is 1.87. The van der Waals surface area contributed by atoms with Gasteiger partial charge >= 0.3 is 0 Å². The Morgan fingerprint density at radius 1 is 1.30 bits per heavy atom. The zero-order valence-electron chi connectivity index (χ0n) is 11.1. The van der Waals surface area contributed by atoms with Gasteiger partial charge in [-0.2, -0.15) is 17.4 Å². The van der Waals surface area contributed by atoms with Crippen LogP contribution >= 0.6 is 0 Å². The van der Waals surface area contributed by atoms with Gasteiger partial charge in [0.05, 0.1) is 12.6 Å². The van der Waals surface area contributed by atoms with E-state index in [9.17, 15) is 18.3 Å². The third kappa shape index (κ3) is 3.89. The van der Waals surface area contributed by atoms with Crippen molar-refractivity contribution in [3.05, 3.63) is 34.7 Å². The Morgan fingerprint density at radius 2 is 2.00 bits per heavy atom. The SMILES string of the molecule is O=c1ccccn1CC(O)CNS(=O)(=O)N1CCCC1. The monoisotopic (exact) mass is 301 g/mol. The van der Waals surface area contributed by atoms with E-state index in [4.69, 9.17) is 0 Å². The summed E-state index contributed by atoms with van der Waals surface area (Å²) in [7, 11) is -3.52. The fourth-order valence-corrected chi connectivity index (χ4v) is 3.45. The molecule has 0 aromatic carbocycles. The van der Waals surface area contributed by atoms with Crippen molar-refractivity contribution in [1.82, 2.24) is 13.6 Å². The summed E-state index contributed by atoms with van der Waals surface area (Å²) in [4.78, 5) is 11.5. The van der Waals surface area contributed by atoms with Gasteiger partial charge in [0.25, 0.3) is 15.8 Å². The normalized spacial score (nSPS) is 18.2. The number of aliphatic hydroxyl groups excluding tert-OH is 1. The number of aromatic nitrogens is 1. The molecule has 1 aliphatic heterocycles. The zero-order valence-corrected chi connectivity index (χ0v) is 11.9. The highest BCUT2D eigenvalue weighted by Crippen LogP contribution is 2.10. The van der Waals surface area contributed by atoms with Crippen LogP contribution in [0.5, 0.6) is 0 Å². The molecule has 0 spiro atoms. The average Bonchev–Trinajstić information content (AvgIpc) is 2.94. The summed E-state index contributed by atoms with van der Waals surface area (Å²) < 4.78 is 28.9. The molecule has 0 amide bonds. The van der Waals surface area contributed by atoms with E-state index in [2.05, 4.69) is 4.72 Å². The molecule has 7 nitrogen and oxygen atoms in total. The summed E-state index contributed by atoms with van der Waals surface area (Å²) in [5.41, 5.74) is -0.228. The molecule has 0 aliphatic carbocycles. The Kier molecular flexibility index (Phi) is 4.92. The van der Waals surface area contributed by atoms with Gasteiger partial charge in [0.1, 0.15) is 0 Å². The Hall–Kier alpha value is -1.22. The predicted molar refractivity (Wildman–Crippen MR) is 74.4 cm³/mol. The summed E-state index contributed by atoms with van der Waals surface area (Å²) in [6, 6.07) is 4.69. The summed E-state index contributed by atoms with van der Waals surface area (Å²) in [5, 5.41) is 9.83. The summed E-state index contributed by atoms with van der Waals surface area (Å²) in [6.07, 6.45) is 2.33. The van der Waals surface area contributed by atoms with Crippen LogP contribution in [0.25, 0.3) is 0 Å². The first-order chi connectivity index (χ1) is 9.49. The van der Waals surface area contributed by atoms with Crippen LogP contribution in [0.3, 0.4) is 0 Å². The van der Waals surface area contributed by atoms with Crippen molar-refractivity contribution in [3.63, 3.8) is 0 Å². The summed E-state index contributed by atoms with van der Waals surface area (Å²) >= 11 is 0. The van der Waals surface area contributed by atoms with Crippen LogP contribution in [0.4, 0.5) is 0 Å². The van der Waals surface area contributed by atoms with Crippen LogP contribution in [0, 0.1) is 0 Å². The van der Waals surface area contributed by atoms with Gasteiger partial charge in [0.15, 0.2) is 0 Å². The Bertz CT molecular complexity index is 593. The first-order valence-corrected chi connectivity index (χ1v) is 8.01. The number of rotatable bonds is 6. The molecule has 1 aromatic rings. The minimum absolute atomic E-state index is 0.0577. The van der Waals surface area contributed by atoms with Crippen LogP contribution in [0.15, 0.2) is 29.2 Å². The number of aliphatic hydroxyl groups is 1. The first kappa shape index (κ1) is 15.2. The van der Waals surface area contributed by atoms with Crippen LogP contribution in [-0.4, -0.2) is 48.1 Å². The molecule has 1 unspecified atom stereocenters. The number of nitrogens with zero attached hydrogens (tertiary/aromatic N) is 2. The molecule has 0 radical (unpaired) electrons. The Labute approximate surface area is 118 Å². The molecule has 112 valence electrons. The third-order valence-corrected chi connectivity index (χ3v) is 4.79. The number of nitrogens with one attached hydrogen (secondary N) is 1. The molecule has 1 atom stereocenters. The molecule has 20 heavy (non-hydrogen) atoms. The fourth-order valence-electron chi connectivity index (χ4n) is 2.12. The molecular formula is C12H19N3O4S. The van der Waals surface area contributed by atoms with Crippen LogP contribution < -0.4 is 10.3 Å². The lowest BCUT2D eigenvalue weighted by molar-refractivity contribution is 0.156. The van der Waals surface area contributed by atoms with Crippen LogP contribution in [0.1, 0.15) is 12.8 Å². The van der Waals surface area contributed by atoms with E-state index in [0.717, 1.165) is 12.8 Å². The van der Waals surface area contributed by atoms with Crippen molar-refractivity contribution in [2.45, 2.75) is 25.5 Å². The zero-order chi connectivity index (χ0) is 14.6. The van der Waals surface area contributed by atoms with Gasteiger partial charge in [0, 0.05) is 31.9 Å². The van der Waals surface area contributed by atoms with Crippen molar-refractivity contribution < 1.29 is 13.5 Å². The van der Waals surface area contributed by atoms with Crippen molar-refractivity contribution in [1.29, 1.82) is 0 Å². The second kappa shape index (κ2) is 6.49. The van der Waals surface area contributed by atoms with Gasteiger partial charge in [-0.15, -0.1) is 0 Å². The van der Waals surface area contributed by atoms with Gasteiger partial charge in [-0.1, -0.05) is 6.07 Å². The van der Waals surface area contributed by atoms with E-state index >= 15 is 0 Å². The molecule has 1 aliphatic rings. The van der Waals surface area contributed by atoms with Crippen LogP contribution in [-0.2, 0) is 16.8 Å². The highest BCUT2D eigenvalue weighted by Gasteiger charge is 2.25. The maximum atomic E-state index is 11.9. The minimum atomic E-state index is -3.52. The molecule has 2 N–H and O–H groups in total. The average molecular weight is 301 g/mol. The molecule has 2 rings (SSSR count). The van der Waals surface area contributed by atoms with Crippen molar-refractivity contribution in [2.24, 2.45) is 0 Å². The van der Waals surface area contributed by atoms with Crippen molar-refractivity contribution in [2.75, 3.05) is 19.6 Å². The number of hydrogen-bond acceptors (Lipinski definition) is 4. The van der Waals surface area contributed by atoms with Gasteiger partial charge in [0.2, 0.25) is 0 Å². The quantitative estimate of drug-likeness (QED) is 0.715.